The minimum Gasteiger partial charge on any atom is -0.339 e. The van der Waals surface area contributed by atoms with E-state index < -0.39 is 5.82 Å². The van der Waals surface area contributed by atoms with Gasteiger partial charge in [0.2, 0.25) is 0 Å². The van der Waals surface area contributed by atoms with Gasteiger partial charge in [-0.2, -0.15) is 0 Å². The monoisotopic (exact) mass is 276 g/mol. The van der Waals surface area contributed by atoms with Gasteiger partial charge in [0.1, 0.15) is 5.82 Å². The van der Waals surface area contributed by atoms with E-state index >= 15 is 0 Å². The Morgan fingerprint density at radius 1 is 1.30 bits per heavy atom. The highest BCUT2D eigenvalue weighted by Crippen LogP contribution is 2.37. The van der Waals surface area contributed by atoms with Crippen molar-refractivity contribution in [3.8, 4) is 0 Å². The Labute approximate surface area is 119 Å². The Balaban J connectivity index is 1.69. The number of hydrogen-bond donors (Lipinski definition) is 1. The van der Waals surface area contributed by atoms with Gasteiger partial charge in [-0.05, 0) is 55.8 Å². The van der Waals surface area contributed by atoms with E-state index in [1.165, 1.54) is 12.5 Å². The molecular weight excluding hydrogens is 255 g/mol. The molecule has 0 bridgehead atoms. The summed E-state index contributed by atoms with van der Waals surface area (Å²) in [5, 5.41) is 3.41. The van der Waals surface area contributed by atoms with Gasteiger partial charge < -0.3 is 10.2 Å². The van der Waals surface area contributed by atoms with Crippen LogP contribution in [0.5, 0.6) is 0 Å². The fraction of sp³-hybridized carbons (Fsp3) is 0.562. The van der Waals surface area contributed by atoms with Gasteiger partial charge in [-0.15, -0.1) is 0 Å². The van der Waals surface area contributed by atoms with E-state index in [9.17, 15) is 9.18 Å². The predicted molar refractivity (Wildman–Crippen MR) is 76.2 cm³/mol. The van der Waals surface area contributed by atoms with Crippen molar-refractivity contribution >= 4 is 5.91 Å². The van der Waals surface area contributed by atoms with Crippen molar-refractivity contribution in [2.75, 3.05) is 26.2 Å². The third-order valence-corrected chi connectivity index (χ3v) is 4.80. The van der Waals surface area contributed by atoms with Gasteiger partial charge >= 0.3 is 0 Å². The first-order chi connectivity index (χ1) is 9.60. The van der Waals surface area contributed by atoms with Crippen LogP contribution in [0.3, 0.4) is 0 Å². The van der Waals surface area contributed by atoms with Crippen molar-refractivity contribution < 1.29 is 9.18 Å². The van der Waals surface area contributed by atoms with Crippen LogP contribution < -0.4 is 5.32 Å². The average Bonchev–Trinajstić information content (AvgIpc) is 2.87. The fourth-order valence-electron chi connectivity index (χ4n) is 3.37. The number of aryl methyl sites for hydroxylation is 1. The maximum Gasteiger partial charge on any atom is 0.256 e. The average molecular weight is 276 g/mol. The summed E-state index contributed by atoms with van der Waals surface area (Å²) in [6, 6.07) is 4.83. The Kier molecular flexibility index (Phi) is 3.50. The van der Waals surface area contributed by atoms with Crippen LogP contribution in [-0.4, -0.2) is 37.0 Å². The number of benzene rings is 1. The van der Waals surface area contributed by atoms with E-state index in [0.29, 0.717) is 5.41 Å². The SMILES string of the molecule is Cc1ccc(C(=O)N2CCC3(CCNC3)CC2)c(F)c1. The summed E-state index contributed by atoms with van der Waals surface area (Å²) in [6.45, 7) is 5.46. The molecule has 0 aliphatic carbocycles. The molecule has 4 heteroatoms. The van der Waals surface area contributed by atoms with Crippen LogP contribution in [0.2, 0.25) is 0 Å². The van der Waals surface area contributed by atoms with E-state index in [-0.39, 0.29) is 11.5 Å². The quantitative estimate of drug-likeness (QED) is 0.854. The van der Waals surface area contributed by atoms with Crippen LogP contribution in [0.1, 0.15) is 35.2 Å². The first kappa shape index (κ1) is 13.6. The number of carbonyl (C=O) groups is 1. The molecule has 20 heavy (non-hydrogen) atoms. The number of halogens is 1. The van der Waals surface area contributed by atoms with E-state index in [1.807, 2.05) is 6.92 Å². The molecule has 3 rings (SSSR count). The van der Waals surface area contributed by atoms with Gasteiger partial charge in [0.15, 0.2) is 0 Å². The zero-order valence-corrected chi connectivity index (χ0v) is 11.9. The summed E-state index contributed by atoms with van der Waals surface area (Å²) in [6.07, 6.45) is 3.26. The topological polar surface area (TPSA) is 32.3 Å². The molecule has 2 saturated heterocycles. The lowest BCUT2D eigenvalue weighted by Crippen LogP contribution is -2.44. The lowest BCUT2D eigenvalue weighted by Gasteiger charge is -2.38. The summed E-state index contributed by atoms with van der Waals surface area (Å²) in [5.74, 6) is -0.568. The van der Waals surface area contributed by atoms with Crippen molar-refractivity contribution in [3.63, 3.8) is 0 Å². The number of likely N-dealkylation sites (tertiary alicyclic amines) is 1. The molecule has 0 unspecified atom stereocenters. The Bertz CT molecular complexity index is 513. The van der Waals surface area contributed by atoms with Crippen molar-refractivity contribution in [2.45, 2.75) is 26.2 Å². The summed E-state index contributed by atoms with van der Waals surface area (Å²) in [5.41, 5.74) is 1.42. The molecule has 2 heterocycles. The van der Waals surface area contributed by atoms with E-state index in [0.717, 1.165) is 44.6 Å². The second kappa shape index (κ2) is 5.17. The number of hydrogen-bond acceptors (Lipinski definition) is 2. The van der Waals surface area contributed by atoms with Crippen LogP contribution in [0.4, 0.5) is 4.39 Å². The Morgan fingerprint density at radius 2 is 2.05 bits per heavy atom. The van der Waals surface area contributed by atoms with Crippen LogP contribution in [-0.2, 0) is 0 Å². The number of carbonyl (C=O) groups excluding carboxylic acids is 1. The molecule has 0 radical (unpaired) electrons. The second-order valence-electron chi connectivity index (χ2n) is 6.20. The third-order valence-electron chi connectivity index (χ3n) is 4.80. The lowest BCUT2D eigenvalue weighted by molar-refractivity contribution is 0.0603. The van der Waals surface area contributed by atoms with Crippen LogP contribution in [0.15, 0.2) is 18.2 Å². The molecular formula is C16H21FN2O. The minimum absolute atomic E-state index is 0.164. The highest BCUT2D eigenvalue weighted by atomic mass is 19.1. The molecule has 2 aliphatic heterocycles. The van der Waals surface area contributed by atoms with Crippen LogP contribution in [0.25, 0.3) is 0 Å². The molecule has 0 saturated carbocycles. The van der Waals surface area contributed by atoms with Gasteiger partial charge in [-0.25, -0.2) is 4.39 Å². The highest BCUT2D eigenvalue weighted by Gasteiger charge is 2.38. The first-order valence-electron chi connectivity index (χ1n) is 7.36. The smallest absolute Gasteiger partial charge is 0.256 e. The van der Waals surface area contributed by atoms with Crippen LogP contribution in [0, 0.1) is 18.2 Å². The predicted octanol–water partition coefficient (Wildman–Crippen LogP) is 2.35. The van der Waals surface area contributed by atoms with Gasteiger partial charge in [0, 0.05) is 19.6 Å². The number of amides is 1. The number of piperidine rings is 1. The van der Waals surface area contributed by atoms with E-state index in [1.54, 1.807) is 17.0 Å². The standard InChI is InChI=1S/C16H21FN2O/c1-12-2-3-13(14(17)10-12)15(20)19-8-5-16(6-9-19)4-7-18-11-16/h2-3,10,18H,4-9,11H2,1H3. The molecule has 3 nitrogen and oxygen atoms in total. The second-order valence-corrected chi connectivity index (χ2v) is 6.20. The Morgan fingerprint density at radius 3 is 2.65 bits per heavy atom. The zero-order chi connectivity index (χ0) is 14.2. The van der Waals surface area contributed by atoms with Gasteiger partial charge in [0.05, 0.1) is 5.56 Å². The number of rotatable bonds is 1. The maximum atomic E-state index is 13.9. The molecule has 108 valence electrons. The molecule has 1 aromatic carbocycles. The van der Waals surface area contributed by atoms with Crippen molar-refractivity contribution in [1.82, 2.24) is 10.2 Å². The van der Waals surface area contributed by atoms with Crippen molar-refractivity contribution in [3.05, 3.63) is 35.1 Å². The van der Waals surface area contributed by atoms with Crippen molar-refractivity contribution in [2.24, 2.45) is 5.41 Å². The molecule has 0 aromatic heterocycles. The Hall–Kier alpha value is -1.42. The first-order valence-corrected chi connectivity index (χ1v) is 7.36. The van der Waals surface area contributed by atoms with Crippen LogP contribution >= 0.6 is 0 Å². The largest absolute Gasteiger partial charge is 0.339 e. The molecule has 2 aliphatic rings. The fourth-order valence-corrected chi connectivity index (χ4v) is 3.37. The summed E-state index contributed by atoms with van der Waals surface area (Å²) in [7, 11) is 0. The van der Waals surface area contributed by atoms with E-state index in [2.05, 4.69) is 5.32 Å². The summed E-state index contributed by atoms with van der Waals surface area (Å²) in [4.78, 5) is 14.2. The molecule has 1 aromatic rings. The number of nitrogens with zero attached hydrogens (tertiary/aromatic N) is 1. The molecule has 2 fully saturated rings. The normalized spacial score (nSPS) is 21.4. The van der Waals surface area contributed by atoms with Crippen molar-refractivity contribution in [1.29, 1.82) is 0 Å². The minimum atomic E-state index is -0.405. The zero-order valence-electron chi connectivity index (χ0n) is 11.9. The molecule has 1 spiro atoms. The van der Waals surface area contributed by atoms with Gasteiger partial charge in [-0.3, -0.25) is 4.79 Å². The summed E-state index contributed by atoms with van der Waals surface area (Å²) >= 11 is 0. The lowest BCUT2D eigenvalue weighted by atomic mass is 9.78. The molecule has 1 N–H and O–H groups in total. The highest BCUT2D eigenvalue weighted by molar-refractivity contribution is 5.94. The summed E-state index contributed by atoms with van der Waals surface area (Å²) < 4.78 is 13.9. The number of nitrogens with one attached hydrogen (secondary N) is 1. The van der Waals surface area contributed by atoms with Gasteiger partial charge in [-0.1, -0.05) is 6.07 Å². The molecule has 1 amide bonds. The maximum absolute atomic E-state index is 13.9. The van der Waals surface area contributed by atoms with Gasteiger partial charge in [0.25, 0.3) is 5.91 Å². The molecule has 0 atom stereocenters. The van der Waals surface area contributed by atoms with E-state index in [4.69, 9.17) is 0 Å². The third kappa shape index (κ3) is 2.44.